The molecule has 0 aromatic carbocycles. The lowest BCUT2D eigenvalue weighted by Gasteiger charge is -2.22. The molecule has 2 unspecified atom stereocenters. The number of carbonyl (C=O) groups is 2. The van der Waals surface area contributed by atoms with Crippen molar-refractivity contribution in [1.29, 1.82) is 0 Å². The lowest BCUT2D eigenvalue weighted by atomic mass is 9.88. The third-order valence-electron chi connectivity index (χ3n) is 2.11. The average Bonchev–Trinajstić information content (AvgIpc) is 2.08. The van der Waals surface area contributed by atoms with E-state index >= 15 is 0 Å². The van der Waals surface area contributed by atoms with Gasteiger partial charge in [-0.3, -0.25) is 9.59 Å². The largest absolute Gasteiger partial charge is 0.469 e. The third-order valence-corrected chi connectivity index (χ3v) is 3.00. The maximum absolute atomic E-state index is 11.1. The summed E-state index contributed by atoms with van der Waals surface area (Å²) in [6, 6.07) is 0. The Morgan fingerprint density at radius 3 is 2.83 bits per heavy atom. The Morgan fingerprint density at radius 1 is 1.67 bits per heavy atom. The molecule has 1 aliphatic rings. The van der Waals surface area contributed by atoms with Crippen molar-refractivity contribution in [3.05, 3.63) is 0 Å². The minimum absolute atomic E-state index is 0.0999. The van der Waals surface area contributed by atoms with Gasteiger partial charge in [-0.1, -0.05) is 15.9 Å². The first-order valence-electron chi connectivity index (χ1n) is 3.89. The van der Waals surface area contributed by atoms with E-state index in [0.717, 1.165) is 0 Å². The maximum Gasteiger partial charge on any atom is 0.308 e. The van der Waals surface area contributed by atoms with Gasteiger partial charge >= 0.3 is 5.97 Å². The summed E-state index contributed by atoms with van der Waals surface area (Å²) in [5, 5.41) is 0. The van der Waals surface area contributed by atoms with Gasteiger partial charge in [0, 0.05) is 6.42 Å². The summed E-state index contributed by atoms with van der Waals surface area (Å²) < 4.78 is 4.60. The van der Waals surface area contributed by atoms with Crippen molar-refractivity contribution in [2.75, 3.05) is 7.11 Å². The van der Waals surface area contributed by atoms with Gasteiger partial charge in [0.05, 0.1) is 17.9 Å². The van der Waals surface area contributed by atoms with Crippen molar-refractivity contribution in [3.8, 4) is 0 Å². The molecule has 0 bridgehead atoms. The minimum Gasteiger partial charge on any atom is -0.469 e. The second-order valence-corrected chi connectivity index (χ2v) is 4.03. The van der Waals surface area contributed by atoms with Crippen LogP contribution in [0.1, 0.15) is 19.3 Å². The van der Waals surface area contributed by atoms with E-state index in [0.29, 0.717) is 19.3 Å². The van der Waals surface area contributed by atoms with Crippen molar-refractivity contribution < 1.29 is 14.3 Å². The Kier molecular flexibility index (Phi) is 3.26. The average molecular weight is 235 g/mol. The van der Waals surface area contributed by atoms with Gasteiger partial charge < -0.3 is 4.74 Å². The second-order valence-electron chi connectivity index (χ2n) is 2.93. The van der Waals surface area contributed by atoms with Crippen molar-refractivity contribution in [1.82, 2.24) is 0 Å². The number of alkyl halides is 1. The van der Waals surface area contributed by atoms with Gasteiger partial charge in [0.15, 0.2) is 0 Å². The summed E-state index contributed by atoms with van der Waals surface area (Å²) in [5.41, 5.74) is 0. The topological polar surface area (TPSA) is 43.4 Å². The Morgan fingerprint density at radius 2 is 2.33 bits per heavy atom. The molecule has 1 rings (SSSR count). The fraction of sp³-hybridized carbons (Fsp3) is 0.750. The molecule has 0 aromatic rings. The molecule has 3 nitrogen and oxygen atoms in total. The van der Waals surface area contributed by atoms with Crippen molar-refractivity contribution in [2.45, 2.75) is 24.1 Å². The zero-order chi connectivity index (χ0) is 9.14. The van der Waals surface area contributed by atoms with Crippen LogP contribution in [0.3, 0.4) is 0 Å². The van der Waals surface area contributed by atoms with Crippen molar-refractivity contribution in [3.63, 3.8) is 0 Å². The summed E-state index contributed by atoms with van der Waals surface area (Å²) >= 11 is 3.23. The van der Waals surface area contributed by atoms with Crippen LogP contribution in [0.5, 0.6) is 0 Å². The fourth-order valence-electron chi connectivity index (χ4n) is 1.35. The first-order chi connectivity index (χ1) is 5.65. The zero-order valence-electron chi connectivity index (χ0n) is 6.88. The molecule has 1 aliphatic carbocycles. The molecule has 2 atom stereocenters. The molecule has 0 N–H and O–H groups in total. The molecule has 0 aliphatic heterocycles. The van der Waals surface area contributed by atoms with Crippen molar-refractivity contribution >= 4 is 27.7 Å². The Balaban J connectivity index is 2.50. The van der Waals surface area contributed by atoms with Gasteiger partial charge in [-0.2, -0.15) is 0 Å². The molecular formula is C8H11BrO3. The lowest BCUT2D eigenvalue weighted by Crippen LogP contribution is -2.30. The summed E-state index contributed by atoms with van der Waals surface area (Å²) in [4.78, 5) is 22.0. The number of ether oxygens (including phenoxy) is 1. The quantitative estimate of drug-likeness (QED) is 0.508. The van der Waals surface area contributed by atoms with Gasteiger partial charge in [-0.15, -0.1) is 0 Å². The first kappa shape index (κ1) is 9.71. The van der Waals surface area contributed by atoms with Crippen LogP contribution < -0.4 is 0 Å². The lowest BCUT2D eigenvalue weighted by molar-refractivity contribution is -0.146. The number of hydrogen-bond acceptors (Lipinski definition) is 3. The SMILES string of the molecule is COC(=O)C1CCC(=O)C(Br)C1. The van der Waals surface area contributed by atoms with E-state index in [1.165, 1.54) is 7.11 Å². The number of ketones is 1. The number of carbonyl (C=O) groups excluding carboxylic acids is 2. The van der Waals surface area contributed by atoms with Gasteiger partial charge in [0.1, 0.15) is 5.78 Å². The van der Waals surface area contributed by atoms with E-state index in [-0.39, 0.29) is 22.5 Å². The highest BCUT2D eigenvalue weighted by Gasteiger charge is 2.31. The van der Waals surface area contributed by atoms with Crippen LogP contribution in [-0.4, -0.2) is 23.7 Å². The predicted molar refractivity (Wildman–Crippen MR) is 47.1 cm³/mol. The van der Waals surface area contributed by atoms with Crippen LogP contribution in [-0.2, 0) is 14.3 Å². The van der Waals surface area contributed by atoms with E-state index in [2.05, 4.69) is 20.7 Å². The number of rotatable bonds is 1. The summed E-state index contributed by atoms with van der Waals surface area (Å²) in [6.07, 6.45) is 1.69. The molecule has 0 aromatic heterocycles. The number of halogens is 1. The molecular weight excluding hydrogens is 224 g/mol. The Bertz CT molecular complexity index is 202. The monoisotopic (exact) mass is 234 g/mol. The minimum atomic E-state index is -0.202. The zero-order valence-corrected chi connectivity index (χ0v) is 8.46. The van der Waals surface area contributed by atoms with Gasteiger partial charge in [0.2, 0.25) is 0 Å². The van der Waals surface area contributed by atoms with Crippen molar-refractivity contribution in [2.24, 2.45) is 5.92 Å². The fourth-order valence-corrected chi connectivity index (χ4v) is 2.03. The molecule has 0 saturated heterocycles. The second kappa shape index (κ2) is 4.03. The van der Waals surface area contributed by atoms with Crippen LogP contribution in [0.15, 0.2) is 0 Å². The Labute approximate surface area is 79.6 Å². The van der Waals surface area contributed by atoms with Gasteiger partial charge in [0.25, 0.3) is 0 Å². The van der Waals surface area contributed by atoms with Crippen LogP contribution in [0.2, 0.25) is 0 Å². The molecule has 1 saturated carbocycles. The van der Waals surface area contributed by atoms with Gasteiger partial charge in [-0.25, -0.2) is 0 Å². The standard InChI is InChI=1S/C8H11BrO3/c1-12-8(11)5-2-3-7(10)6(9)4-5/h5-6H,2-4H2,1H3. The summed E-state index contributed by atoms with van der Waals surface area (Å²) in [7, 11) is 1.38. The molecule has 0 radical (unpaired) electrons. The van der Waals surface area contributed by atoms with E-state index in [9.17, 15) is 9.59 Å². The first-order valence-corrected chi connectivity index (χ1v) is 4.81. The van der Waals surface area contributed by atoms with Crippen LogP contribution >= 0.6 is 15.9 Å². The number of Topliss-reactive ketones (excluding diaryl/α,β-unsaturated/α-hetero) is 1. The summed E-state index contributed by atoms with van der Waals surface area (Å²) in [6.45, 7) is 0. The molecule has 12 heavy (non-hydrogen) atoms. The van der Waals surface area contributed by atoms with Crippen LogP contribution in [0.25, 0.3) is 0 Å². The van der Waals surface area contributed by atoms with E-state index < -0.39 is 0 Å². The molecule has 0 amide bonds. The van der Waals surface area contributed by atoms with E-state index in [1.54, 1.807) is 0 Å². The summed E-state index contributed by atoms with van der Waals surface area (Å²) in [5.74, 6) is -0.112. The number of methoxy groups -OCH3 is 1. The molecule has 68 valence electrons. The van der Waals surface area contributed by atoms with Crippen LogP contribution in [0.4, 0.5) is 0 Å². The Hall–Kier alpha value is -0.380. The molecule has 4 heteroatoms. The van der Waals surface area contributed by atoms with E-state index in [4.69, 9.17) is 0 Å². The molecule has 1 fully saturated rings. The number of esters is 1. The highest BCUT2D eigenvalue weighted by Crippen LogP contribution is 2.27. The smallest absolute Gasteiger partial charge is 0.308 e. The highest BCUT2D eigenvalue weighted by molar-refractivity contribution is 9.10. The molecule has 0 spiro atoms. The maximum atomic E-state index is 11.1. The third kappa shape index (κ3) is 2.06. The van der Waals surface area contributed by atoms with Crippen LogP contribution in [0, 0.1) is 5.92 Å². The highest BCUT2D eigenvalue weighted by atomic mass is 79.9. The predicted octanol–water partition coefficient (Wildman–Crippen LogP) is 1.29. The number of hydrogen-bond donors (Lipinski definition) is 0. The van der Waals surface area contributed by atoms with E-state index in [1.807, 2.05) is 0 Å². The normalized spacial score (nSPS) is 30.0. The van der Waals surface area contributed by atoms with Gasteiger partial charge in [-0.05, 0) is 12.8 Å². The molecule has 0 heterocycles.